The molecule has 0 aliphatic rings. The second kappa shape index (κ2) is 6.85. The summed E-state index contributed by atoms with van der Waals surface area (Å²) in [5.41, 5.74) is 1.33. The Morgan fingerprint density at radius 1 is 1.20 bits per heavy atom. The number of hydrogen-bond donors (Lipinski definition) is 0. The van der Waals surface area contributed by atoms with Crippen LogP contribution >= 0.6 is 31.9 Å². The fraction of sp³-hybridized carbons (Fsp3) is 0.250. The SMILES string of the molecule is CC(=O)OC(Cc1ncncc1Br)c1ncncc1Br. The summed E-state index contributed by atoms with van der Waals surface area (Å²) in [5.74, 6) is -0.384. The van der Waals surface area contributed by atoms with Crippen molar-refractivity contribution in [1.29, 1.82) is 0 Å². The fourth-order valence-corrected chi connectivity index (χ4v) is 2.48. The van der Waals surface area contributed by atoms with Gasteiger partial charge in [-0.05, 0) is 31.9 Å². The van der Waals surface area contributed by atoms with Crippen LogP contribution in [-0.4, -0.2) is 25.9 Å². The lowest BCUT2D eigenvalue weighted by atomic mass is 10.1. The van der Waals surface area contributed by atoms with Crippen LogP contribution in [0.2, 0.25) is 0 Å². The number of hydrogen-bond acceptors (Lipinski definition) is 6. The summed E-state index contributed by atoms with van der Waals surface area (Å²) in [5, 5.41) is 0. The van der Waals surface area contributed by atoms with Gasteiger partial charge in [-0.25, -0.2) is 19.9 Å². The number of halogens is 2. The van der Waals surface area contributed by atoms with Gasteiger partial charge in [-0.2, -0.15) is 0 Å². The zero-order chi connectivity index (χ0) is 14.5. The molecule has 0 aliphatic heterocycles. The summed E-state index contributed by atoms with van der Waals surface area (Å²) in [6.45, 7) is 1.36. The van der Waals surface area contributed by atoms with E-state index in [9.17, 15) is 4.79 Å². The zero-order valence-corrected chi connectivity index (χ0v) is 13.6. The van der Waals surface area contributed by atoms with Gasteiger partial charge in [0.15, 0.2) is 6.10 Å². The van der Waals surface area contributed by atoms with Crippen LogP contribution in [0.5, 0.6) is 0 Å². The van der Waals surface area contributed by atoms with E-state index >= 15 is 0 Å². The lowest BCUT2D eigenvalue weighted by Crippen LogP contribution is -2.14. The first-order chi connectivity index (χ1) is 9.58. The third-order valence-corrected chi connectivity index (χ3v) is 3.71. The smallest absolute Gasteiger partial charge is 0.303 e. The van der Waals surface area contributed by atoms with Crippen molar-refractivity contribution in [1.82, 2.24) is 19.9 Å². The molecule has 0 N–H and O–H groups in total. The van der Waals surface area contributed by atoms with Gasteiger partial charge in [0.05, 0.1) is 20.3 Å². The van der Waals surface area contributed by atoms with Gasteiger partial charge in [0.25, 0.3) is 0 Å². The molecule has 0 radical (unpaired) electrons. The summed E-state index contributed by atoms with van der Waals surface area (Å²) in [6.07, 6.45) is 5.94. The van der Waals surface area contributed by atoms with Gasteiger partial charge in [-0.15, -0.1) is 0 Å². The number of rotatable bonds is 4. The van der Waals surface area contributed by atoms with Crippen molar-refractivity contribution in [2.45, 2.75) is 19.4 Å². The fourth-order valence-electron chi connectivity index (χ4n) is 1.62. The van der Waals surface area contributed by atoms with E-state index in [4.69, 9.17) is 4.74 Å². The Balaban J connectivity index is 2.32. The molecule has 0 amide bonds. The Morgan fingerprint density at radius 2 is 1.85 bits per heavy atom. The van der Waals surface area contributed by atoms with Crippen LogP contribution in [0.15, 0.2) is 34.0 Å². The predicted octanol–water partition coefficient (Wildman–Crippen LogP) is 2.64. The van der Waals surface area contributed by atoms with Gasteiger partial charge in [0.2, 0.25) is 0 Å². The summed E-state index contributed by atoms with van der Waals surface area (Å²) in [4.78, 5) is 27.4. The third kappa shape index (κ3) is 3.80. The average molecular weight is 402 g/mol. The summed E-state index contributed by atoms with van der Waals surface area (Å²) in [7, 11) is 0. The molecule has 0 bridgehead atoms. The highest BCUT2D eigenvalue weighted by Crippen LogP contribution is 2.28. The first kappa shape index (κ1) is 15.0. The molecule has 20 heavy (non-hydrogen) atoms. The second-order valence-electron chi connectivity index (χ2n) is 3.88. The van der Waals surface area contributed by atoms with Crippen LogP contribution < -0.4 is 0 Å². The number of esters is 1. The van der Waals surface area contributed by atoms with E-state index < -0.39 is 6.10 Å². The Kier molecular flexibility index (Phi) is 5.13. The molecule has 2 aromatic heterocycles. The van der Waals surface area contributed by atoms with Gasteiger partial charge in [0.1, 0.15) is 12.7 Å². The minimum atomic E-state index is -0.545. The summed E-state index contributed by atoms with van der Waals surface area (Å²) < 4.78 is 6.77. The van der Waals surface area contributed by atoms with Gasteiger partial charge in [-0.1, -0.05) is 0 Å². The van der Waals surface area contributed by atoms with Crippen molar-refractivity contribution in [2.75, 3.05) is 0 Å². The summed E-state index contributed by atoms with van der Waals surface area (Å²) in [6, 6.07) is 0. The average Bonchev–Trinajstić information content (AvgIpc) is 2.40. The number of ether oxygens (including phenoxy) is 1. The third-order valence-electron chi connectivity index (χ3n) is 2.43. The molecule has 6 nitrogen and oxygen atoms in total. The highest BCUT2D eigenvalue weighted by molar-refractivity contribution is 9.10. The molecule has 0 aliphatic carbocycles. The molecular formula is C12H10Br2N4O2. The molecular weight excluding hydrogens is 392 g/mol. The second-order valence-corrected chi connectivity index (χ2v) is 5.58. The molecule has 0 fully saturated rings. The Bertz CT molecular complexity index is 624. The van der Waals surface area contributed by atoms with Crippen LogP contribution in [0.3, 0.4) is 0 Å². The van der Waals surface area contributed by atoms with E-state index in [-0.39, 0.29) is 5.97 Å². The molecule has 0 spiro atoms. The quantitative estimate of drug-likeness (QED) is 0.733. The highest BCUT2D eigenvalue weighted by atomic mass is 79.9. The maximum atomic E-state index is 11.3. The van der Waals surface area contributed by atoms with Gasteiger partial charge >= 0.3 is 5.97 Å². The predicted molar refractivity (Wildman–Crippen MR) is 77.7 cm³/mol. The maximum absolute atomic E-state index is 11.3. The van der Waals surface area contributed by atoms with Crippen molar-refractivity contribution in [3.05, 3.63) is 45.4 Å². The molecule has 1 atom stereocenters. The van der Waals surface area contributed by atoms with Crippen LogP contribution in [-0.2, 0) is 16.0 Å². The molecule has 0 saturated carbocycles. The number of carbonyl (C=O) groups excluding carboxylic acids is 1. The minimum Gasteiger partial charge on any atom is -0.456 e. The van der Waals surface area contributed by atoms with Crippen molar-refractivity contribution in [3.8, 4) is 0 Å². The maximum Gasteiger partial charge on any atom is 0.303 e. The normalized spacial score (nSPS) is 11.9. The Labute approximate surface area is 132 Å². The van der Waals surface area contributed by atoms with E-state index in [2.05, 4.69) is 51.8 Å². The Morgan fingerprint density at radius 3 is 2.45 bits per heavy atom. The molecule has 104 valence electrons. The van der Waals surface area contributed by atoms with E-state index in [0.717, 1.165) is 10.2 Å². The summed E-state index contributed by atoms with van der Waals surface area (Å²) >= 11 is 6.73. The molecule has 2 rings (SSSR count). The molecule has 0 saturated heterocycles. The lowest BCUT2D eigenvalue weighted by molar-refractivity contribution is -0.146. The van der Waals surface area contributed by atoms with E-state index in [1.54, 1.807) is 12.4 Å². The van der Waals surface area contributed by atoms with Crippen LogP contribution in [0.25, 0.3) is 0 Å². The Hall–Kier alpha value is -1.41. The van der Waals surface area contributed by atoms with Gasteiger partial charge in [0, 0.05) is 25.7 Å². The molecule has 1 unspecified atom stereocenters. The van der Waals surface area contributed by atoms with E-state index in [0.29, 0.717) is 16.6 Å². The van der Waals surface area contributed by atoms with Crippen LogP contribution in [0.1, 0.15) is 24.4 Å². The van der Waals surface area contributed by atoms with Crippen molar-refractivity contribution in [3.63, 3.8) is 0 Å². The molecule has 8 heteroatoms. The number of carbonyl (C=O) groups is 1. The lowest BCUT2D eigenvalue weighted by Gasteiger charge is -2.17. The van der Waals surface area contributed by atoms with Gasteiger partial charge < -0.3 is 4.74 Å². The van der Waals surface area contributed by atoms with Gasteiger partial charge in [-0.3, -0.25) is 4.79 Å². The number of aromatic nitrogens is 4. The van der Waals surface area contributed by atoms with Crippen LogP contribution in [0.4, 0.5) is 0 Å². The first-order valence-corrected chi connectivity index (χ1v) is 7.23. The highest BCUT2D eigenvalue weighted by Gasteiger charge is 2.21. The minimum absolute atomic E-state index is 0.384. The van der Waals surface area contributed by atoms with E-state index in [1.807, 2.05) is 0 Å². The van der Waals surface area contributed by atoms with Crippen molar-refractivity contribution >= 4 is 37.8 Å². The van der Waals surface area contributed by atoms with Crippen molar-refractivity contribution < 1.29 is 9.53 Å². The topological polar surface area (TPSA) is 77.9 Å². The van der Waals surface area contributed by atoms with E-state index in [1.165, 1.54) is 19.6 Å². The van der Waals surface area contributed by atoms with Crippen molar-refractivity contribution in [2.24, 2.45) is 0 Å². The molecule has 2 aromatic rings. The number of nitrogens with zero attached hydrogens (tertiary/aromatic N) is 4. The molecule has 0 aromatic carbocycles. The zero-order valence-electron chi connectivity index (χ0n) is 10.5. The molecule has 2 heterocycles. The largest absolute Gasteiger partial charge is 0.456 e. The standard InChI is InChI=1S/C12H10Br2N4O2/c1-7(19)20-11(12-9(14)4-16-6-18-12)2-10-8(13)3-15-5-17-10/h3-6,11H,2H2,1H3. The van der Waals surface area contributed by atoms with Crippen LogP contribution in [0, 0.1) is 0 Å². The monoisotopic (exact) mass is 400 g/mol. The first-order valence-electron chi connectivity index (χ1n) is 5.65.